The molecular weight excluding hydrogens is 224 g/mol. The Hall–Kier alpha value is -1.82. The van der Waals surface area contributed by atoms with Crippen molar-refractivity contribution in [2.75, 3.05) is 13.1 Å². The van der Waals surface area contributed by atoms with Gasteiger partial charge in [-0.1, -0.05) is 0 Å². The normalized spacial score (nSPS) is 20.6. The molecule has 6 heteroatoms. The number of likely N-dealkylation sites (tertiary alicyclic amines) is 1. The van der Waals surface area contributed by atoms with E-state index in [4.69, 9.17) is 15.3 Å². The number of aromatic carboxylic acids is 1. The van der Waals surface area contributed by atoms with Gasteiger partial charge in [0.2, 0.25) is 5.91 Å². The fourth-order valence-corrected chi connectivity index (χ4v) is 2.07. The van der Waals surface area contributed by atoms with Crippen molar-refractivity contribution in [2.24, 2.45) is 11.7 Å². The highest BCUT2D eigenvalue weighted by Crippen LogP contribution is 2.20. The fourth-order valence-electron chi connectivity index (χ4n) is 2.07. The van der Waals surface area contributed by atoms with Gasteiger partial charge in [0.25, 0.3) is 0 Å². The zero-order valence-corrected chi connectivity index (χ0v) is 9.26. The van der Waals surface area contributed by atoms with Crippen molar-refractivity contribution in [1.29, 1.82) is 0 Å². The standard InChI is InChI=1S/C11H14N2O4/c12-10(14)7-1-3-13(5-7)6-9-8(11(15)16)2-4-17-9/h2,4,7H,1,3,5-6H2,(H2,12,14)(H,15,16). The Balaban J connectivity index is 2.00. The largest absolute Gasteiger partial charge is 0.478 e. The highest BCUT2D eigenvalue weighted by molar-refractivity contribution is 5.88. The number of furan rings is 1. The molecule has 1 aliphatic heterocycles. The summed E-state index contributed by atoms with van der Waals surface area (Å²) < 4.78 is 5.14. The third-order valence-corrected chi connectivity index (χ3v) is 3.02. The van der Waals surface area contributed by atoms with Crippen LogP contribution >= 0.6 is 0 Å². The van der Waals surface area contributed by atoms with Gasteiger partial charge in [-0.3, -0.25) is 9.69 Å². The second-order valence-corrected chi connectivity index (χ2v) is 4.19. The second-order valence-electron chi connectivity index (χ2n) is 4.19. The lowest BCUT2D eigenvalue weighted by atomic mass is 10.1. The summed E-state index contributed by atoms with van der Waals surface area (Å²) in [7, 11) is 0. The molecule has 1 amide bonds. The molecule has 1 unspecified atom stereocenters. The van der Waals surface area contributed by atoms with E-state index < -0.39 is 5.97 Å². The Bertz CT molecular complexity index is 440. The van der Waals surface area contributed by atoms with Gasteiger partial charge in [-0.2, -0.15) is 0 Å². The van der Waals surface area contributed by atoms with Crippen LogP contribution in [0.5, 0.6) is 0 Å². The summed E-state index contributed by atoms with van der Waals surface area (Å²) in [4.78, 5) is 23.9. The molecule has 1 aliphatic rings. The molecule has 0 radical (unpaired) electrons. The number of hydrogen-bond acceptors (Lipinski definition) is 4. The first-order chi connectivity index (χ1) is 8.08. The lowest BCUT2D eigenvalue weighted by Gasteiger charge is -2.13. The summed E-state index contributed by atoms with van der Waals surface area (Å²) in [6.07, 6.45) is 2.08. The minimum atomic E-state index is -1.00. The molecule has 0 bridgehead atoms. The van der Waals surface area contributed by atoms with E-state index in [1.807, 2.05) is 4.90 Å². The van der Waals surface area contributed by atoms with Crippen LogP contribution in [0.25, 0.3) is 0 Å². The molecule has 6 nitrogen and oxygen atoms in total. The number of nitrogens with two attached hydrogens (primary N) is 1. The topological polar surface area (TPSA) is 96.8 Å². The number of hydrogen-bond donors (Lipinski definition) is 2. The van der Waals surface area contributed by atoms with Gasteiger partial charge in [-0.15, -0.1) is 0 Å². The van der Waals surface area contributed by atoms with E-state index in [0.717, 1.165) is 13.0 Å². The first kappa shape index (κ1) is 11.7. The summed E-state index contributed by atoms with van der Waals surface area (Å²) >= 11 is 0. The van der Waals surface area contributed by atoms with E-state index in [0.29, 0.717) is 18.8 Å². The van der Waals surface area contributed by atoms with Crippen LogP contribution in [0.15, 0.2) is 16.7 Å². The summed E-state index contributed by atoms with van der Waals surface area (Å²) in [5.41, 5.74) is 5.40. The maximum absolute atomic E-state index is 11.0. The number of primary amides is 1. The summed E-state index contributed by atoms with van der Waals surface area (Å²) in [5.74, 6) is -1.02. The highest BCUT2D eigenvalue weighted by Gasteiger charge is 2.28. The molecule has 1 fully saturated rings. The lowest BCUT2D eigenvalue weighted by molar-refractivity contribution is -0.121. The van der Waals surface area contributed by atoms with E-state index >= 15 is 0 Å². The van der Waals surface area contributed by atoms with Gasteiger partial charge in [0.15, 0.2) is 0 Å². The molecule has 17 heavy (non-hydrogen) atoms. The average Bonchev–Trinajstić information content (AvgIpc) is 2.86. The number of carbonyl (C=O) groups is 2. The van der Waals surface area contributed by atoms with Crippen LogP contribution in [0.3, 0.4) is 0 Å². The van der Waals surface area contributed by atoms with E-state index in [9.17, 15) is 9.59 Å². The van der Waals surface area contributed by atoms with E-state index in [1.165, 1.54) is 12.3 Å². The molecule has 3 N–H and O–H groups in total. The molecule has 2 heterocycles. The Morgan fingerprint density at radius 3 is 2.94 bits per heavy atom. The number of nitrogens with zero attached hydrogens (tertiary/aromatic N) is 1. The van der Waals surface area contributed by atoms with Gasteiger partial charge < -0.3 is 15.3 Å². The van der Waals surface area contributed by atoms with Crippen molar-refractivity contribution < 1.29 is 19.1 Å². The van der Waals surface area contributed by atoms with Gasteiger partial charge in [-0.05, 0) is 19.0 Å². The van der Waals surface area contributed by atoms with Crippen LogP contribution in [0.4, 0.5) is 0 Å². The molecule has 92 valence electrons. The number of carboxylic acids is 1. The number of amides is 1. The lowest BCUT2D eigenvalue weighted by Crippen LogP contribution is -2.27. The Morgan fingerprint density at radius 2 is 2.35 bits per heavy atom. The van der Waals surface area contributed by atoms with E-state index in [1.54, 1.807) is 0 Å². The van der Waals surface area contributed by atoms with Crippen molar-refractivity contribution >= 4 is 11.9 Å². The zero-order chi connectivity index (χ0) is 12.4. The maximum atomic E-state index is 11.0. The van der Waals surface area contributed by atoms with Crippen LogP contribution < -0.4 is 5.73 Å². The molecule has 0 aromatic carbocycles. The Morgan fingerprint density at radius 1 is 1.59 bits per heavy atom. The van der Waals surface area contributed by atoms with Crippen molar-refractivity contribution in [3.05, 3.63) is 23.7 Å². The maximum Gasteiger partial charge on any atom is 0.339 e. The van der Waals surface area contributed by atoms with Crippen LogP contribution in [0.1, 0.15) is 22.5 Å². The average molecular weight is 238 g/mol. The predicted octanol–water partition coefficient (Wildman–Crippen LogP) is 0.285. The van der Waals surface area contributed by atoms with Crippen LogP contribution in [0.2, 0.25) is 0 Å². The van der Waals surface area contributed by atoms with E-state index in [2.05, 4.69) is 0 Å². The molecule has 0 saturated carbocycles. The van der Waals surface area contributed by atoms with Crippen LogP contribution in [-0.4, -0.2) is 35.0 Å². The van der Waals surface area contributed by atoms with E-state index in [-0.39, 0.29) is 17.4 Å². The minimum absolute atomic E-state index is 0.141. The molecule has 1 saturated heterocycles. The third kappa shape index (κ3) is 2.47. The zero-order valence-electron chi connectivity index (χ0n) is 9.26. The SMILES string of the molecule is NC(=O)C1CCN(Cc2occc2C(=O)O)C1. The monoisotopic (exact) mass is 238 g/mol. The molecule has 2 rings (SSSR count). The number of carboxylic acid groups (broad SMARTS) is 1. The number of rotatable bonds is 4. The molecule has 1 aromatic rings. The van der Waals surface area contributed by atoms with Crippen molar-refractivity contribution in [3.8, 4) is 0 Å². The highest BCUT2D eigenvalue weighted by atomic mass is 16.4. The Labute approximate surface area is 98.0 Å². The third-order valence-electron chi connectivity index (χ3n) is 3.02. The summed E-state index contributed by atoms with van der Waals surface area (Å²) in [5, 5.41) is 8.92. The first-order valence-corrected chi connectivity index (χ1v) is 5.39. The molecule has 1 atom stereocenters. The Kier molecular flexibility index (Phi) is 3.14. The first-order valence-electron chi connectivity index (χ1n) is 5.39. The van der Waals surface area contributed by atoms with Crippen LogP contribution in [0, 0.1) is 5.92 Å². The quantitative estimate of drug-likeness (QED) is 0.785. The molecular formula is C11H14N2O4. The predicted molar refractivity (Wildman–Crippen MR) is 58.2 cm³/mol. The second kappa shape index (κ2) is 4.58. The molecule has 0 spiro atoms. The fraction of sp³-hybridized carbons (Fsp3) is 0.455. The number of carbonyl (C=O) groups excluding carboxylic acids is 1. The minimum Gasteiger partial charge on any atom is -0.478 e. The van der Waals surface area contributed by atoms with Gasteiger partial charge in [-0.25, -0.2) is 4.79 Å². The van der Waals surface area contributed by atoms with Crippen molar-refractivity contribution in [2.45, 2.75) is 13.0 Å². The van der Waals surface area contributed by atoms with Gasteiger partial charge in [0.05, 0.1) is 18.7 Å². The van der Waals surface area contributed by atoms with Gasteiger partial charge in [0, 0.05) is 6.54 Å². The molecule has 0 aliphatic carbocycles. The smallest absolute Gasteiger partial charge is 0.339 e. The van der Waals surface area contributed by atoms with Gasteiger partial charge in [0.1, 0.15) is 11.3 Å². The molecule has 1 aromatic heterocycles. The van der Waals surface area contributed by atoms with Crippen LogP contribution in [-0.2, 0) is 11.3 Å². The summed E-state index contributed by atoms with van der Waals surface area (Å²) in [6.45, 7) is 1.70. The summed E-state index contributed by atoms with van der Waals surface area (Å²) in [6, 6.07) is 1.43. The van der Waals surface area contributed by atoms with Crippen molar-refractivity contribution in [3.63, 3.8) is 0 Å². The van der Waals surface area contributed by atoms with Gasteiger partial charge >= 0.3 is 5.97 Å². The van der Waals surface area contributed by atoms with Crippen molar-refractivity contribution in [1.82, 2.24) is 4.90 Å².